The van der Waals surface area contributed by atoms with Crippen LogP contribution in [0, 0.1) is 0 Å². The number of para-hydroxylation sites is 1. The molecule has 0 heterocycles. The summed E-state index contributed by atoms with van der Waals surface area (Å²) >= 11 is 0. The third-order valence-electron chi connectivity index (χ3n) is 3.26. The number of nitrogens with one attached hydrogen (secondary N) is 2. The van der Waals surface area contributed by atoms with Crippen LogP contribution in [0.5, 0.6) is 0 Å². The molecule has 0 spiro atoms. The van der Waals surface area contributed by atoms with Gasteiger partial charge in [0.05, 0.1) is 12.6 Å². The molecule has 7 nitrogen and oxygen atoms in total. The van der Waals surface area contributed by atoms with Crippen molar-refractivity contribution in [3.05, 3.63) is 30.3 Å². The van der Waals surface area contributed by atoms with Crippen molar-refractivity contribution in [3.8, 4) is 0 Å². The molecule has 0 fully saturated rings. The van der Waals surface area contributed by atoms with Crippen LogP contribution in [0.15, 0.2) is 30.3 Å². The molecule has 0 radical (unpaired) electrons. The van der Waals surface area contributed by atoms with Crippen molar-refractivity contribution in [1.29, 1.82) is 0 Å². The highest BCUT2D eigenvalue weighted by molar-refractivity contribution is 5.95. The van der Waals surface area contributed by atoms with E-state index >= 15 is 0 Å². The van der Waals surface area contributed by atoms with E-state index < -0.39 is 24.5 Å². The number of benzene rings is 1. The zero-order valence-corrected chi connectivity index (χ0v) is 14.6. The number of carbonyl (C=O) groups is 3. The number of hydrogen-bond donors (Lipinski definition) is 3. The van der Waals surface area contributed by atoms with Crippen LogP contribution in [-0.2, 0) is 14.4 Å². The van der Waals surface area contributed by atoms with Crippen LogP contribution in [0.4, 0.5) is 5.69 Å². The molecule has 0 saturated carbocycles. The number of nitrogens with zero attached hydrogens (tertiary/aromatic N) is 1. The summed E-state index contributed by atoms with van der Waals surface area (Å²) < 4.78 is 0. The Morgan fingerprint density at radius 1 is 1.21 bits per heavy atom. The fraction of sp³-hybridized carbons (Fsp3) is 0.438. The highest BCUT2D eigenvalue weighted by Crippen LogP contribution is 2.08. The van der Waals surface area contributed by atoms with Gasteiger partial charge in [-0.2, -0.15) is 0 Å². The van der Waals surface area contributed by atoms with Crippen LogP contribution in [0.1, 0.15) is 20.3 Å². The Balaban J connectivity index is 0.00000529. The fourth-order valence-corrected chi connectivity index (χ4v) is 2.05. The van der Waals surface area contributed by atoms with Gasteiger partial charge >= 0.3 is 5.97 Å². The quantitative estimate of drug-likeness (QED) is 0.619. The number of carboxylic acid groups (broad SMARTS) is 1. The number of carboxylic acids is 1. The summed E-state index contributed by atoms with van der Waals surface area (Å²) in [4.78, 5) is 36.3. The molecule has 1 unspecified atom stereocenters. The first-order valence-corrected chi connectivity index (χ1v) is 7.52. The molecule has 0 aliphatic carbocycles. The summed E-state index contributed by atoms with van der Waals surface area (Å²) in [5.74, 6) is -1.73. The molecule has 1 rings (SSSR count). The largest absolute Gasteiger partial charge is 0.480 e. The predicted molar refractivity (Wildman–Crippen MR) is 94.3 cm³/mol. The van der Waals surface area contributed by atoms with Gasteiger partial charge in [0.25, 0.3) is 0 Å². The average molecular weight is 358 g/mol. The highest BCUT2D eigenvalue weighted by atomic mass is 35.5. The van der Waals surface area contributed by atoms with Gasteiger partial charge in [0, 0.05) is 5.69 Å². The second-order valence-corrected chi connectivity index (χ2v) is 5.17. The third kappa shape index (κ3) is 7.94. The zero-order chi connectivity index (χ0) is 17.2. The Bertz CT molecular complexity index is 539. The number of anilines is 1. The van der Waals surface area contributed by atoms with Gasteiger partial charge in [0.15, 0.2) is 0 Å². The van der Waals surface area contributed by atoms with Crippen molar-refractivity contribution < 1.29 is 19.5 Å². The van der Waals surface area contributed by atoms with Crippen LogP contribution in [-0.4, -0.2) is 53.5 Å². The molecule has 1 aromatic carbocycles. The molecule has 1 aromatic rings. The molecule has 0 aliphatic heterocycles. The minimum absolute atomic E-state index is 0. The molecule has 0 aromatic heterocycles. The summed E-state index contributed by atoms with van der Waals surface area (Å²) in [6.45, 7) is 3.78. The Hall–Kier alpha value is -2.12. The summed E-state index contributed by atoms with van der Waals surface area (Å²) in [7, 11) is 0. The molecule has 8 heteroatoms. The lowest BCUT2D eigenvalue weighted by Crippen LogP contribution is -2.47. The lowest BCUT2D eigenvalue weighted by Gasteiger charge is -2.27. The Morgan fingerprint density at radius 2 is 1.83 bits per heavy atom. The standard InChI is InChI=1S/C16H23N3O4.ClH/c1-3-9-19(11-14(20)17-10-15(21)22)12(2)16(23)18-13-7-5-4-6-8-13;/h4-8,12H,3,9-11H2,1-2H3,(H,17,20)(H,18,23)(H,21,22);1H. The van der Waals surface area contributed by atoms with Gasteiger partial charge in [0.2, 0.25) is 11.8 Å². The van der Waals surface area contributed by atoms with Gasteiger partial charge in [-0.1, -0.05) is 25.1 Å². The lowest BCUT2D eigenvalue weighted by molar-refractivity contribution is -0.138. The summed E-state index contributed by atoms with van der Waals surface area (Å²) in [6, 6.07) is 8.57. The zero-order valence-electron chi connectivity index (χ0n) is 13.8. The minimum atomic E-state index is -1.10. The van der Waals surface area contributed by atoms with Gasteiger partial charge < -0.3 is 15.7 Å². The van der Waals surface area contributed by atoms with E-state index in [0.717, 1.165) is 6.42 Å². The molecule has 0 aliphatic rings. The summed E-state index contributed by atoms with van der Waals surface area (Å²) in [6.07, 6.45) is 0.773. The first kappa shape index (κ1) is 21.9. The third-order valence-corrected chi connectivity index (χ3v) is 3.26. The molecule has 24 heavy (non-hydrogen) atoms. The normalized spacial score (nSPS) is 11.3. The van der Waals surface area contributed by atoms with E-state index in [1.54, 1.807) is 24.0 Å². The van der Waals surface area contributed by atoms with Crippen molar-refractivity contribution in [2.75, 3.05) is 25.0 Å². The molecule has 2 amide bonds. The van der Waals surface area contributed by atoms with Gasteiger partial charge in [-0.25, -0.2) is 0 Å². The molecule has 134 valence electrons. The molecule has 0 saturated heterocycles. The second-order valence-electron chi connectivity index (χ2n) is 5.17. The Morgan fingerprint density at radius 3 is 2.38 bits per heavy atom. The maximum absolute atomic E-state index is 12.3. The summed E-state index contributed by atoms with van der Waals surface area (Å²) in [5, 5.41) is 13.7. The topological polar surface area (TPSA) is 98.7 Å². The first-order valence-electron chi connectivity index (χ1n) is 7.52. The highest BCUT2D eigenvalue weighted by Gasteiger charge is 2.23. The van der Waals surface area contributed by atoms with Crippen molar-refractivity contribution >= 4 is 35.9 Å². The summed E-state index contributed by atoms with van der Waals surface area (Å²) in [5.41, 5.74) is 0.691. The van der Waals surface area contributed by atoms with Gasteiger partial charge in [-0.15, -0.1) is 12.4 Å². The van der Waals surface area contributed by atoms with Crippen LogP contribution >= 0.6 is 12.4 Å². The van der Waals surface area contributed by atoms with Gasteiger partial charge in [0.1, 0.15) is 6.54 Å². The Labute approximate surface area is 147 Å². The predicted octanol–water partition coefficient (Wildman–Crippen LogP) is 1.35. The van der Waals surface area contributed by atoms with Crippen LogP contribution in [0.25, 0.3) is 0 Å². The number of aliphatic carboxylic acids is 1. The molecular weight excluding hydrogens is 334 g/mol. The van der Waals surface area contributed by atoms with Crippen molar-refractivity contribution in [2.24, 2.45) is 0 Å². The van der Waals surface area contributed by atoms with E-state index in [0.29, 0.717) is 12.2 Å². The van der Waals surface area contributed by atoms with E-state index in [-0.39, 0.29) is 24.9 Å². The fourth-order valence-electron chi connectivity index (χ4n) is 2.05. The van der Waals surface area contributed by atoms with Crippen molar-refractivity contribution in [1.82, 2.24) is 10.2 Å². The molecule has 1 atom stereocenters. The van der Waals surface area contributed by atoms with Crippen LogP contribution in [0.3, 0.4) is 0 Å². The average Bonchev–Trinajstić information content (AvgIpc) is 2.52. The monoisotopic (exact) mass is 357 g/mol. The van der Waals surface area contributed by atoms with E-state index in [2.05, 4.69) is 10.6 Å². The van der Waals surface area contributed by atoms with Crippen molar-refractivity contribution in [3.63, 3.8) is 0 Å². The van der Waals surface area contributed by atoms with E-state index in [9.17, 15) is 14.4 Å². The van der Waals surface area contributed by atoms with Crippen molar-refractivity contribution in [2.45, 2.75) is 26.3 Å². The maximum Gasteiger partial charge on any atom is 0.322 e. The smallest absolute Gasteiger partial charge is 0.322 e. The Kier molecular flexibility index (Phi) is 10.4. The van der Waals surface area contributed by atoms with Gasteiger partial charge in [-0.05, 0) is 32.0 Å². The van der Waals surface area contributed by atoms with E-state index in [4.69, 9.17) is 5.11 Å². The SMILES string of the molecule is CCCN(CC(=O)NCC(=O)O)C(C)C(=O)Nc1ccccc1.Cl. The maximum atomic E-state index is 12.3. The van der Waals surface area contributed by atoms with E-state index in [1.165, 1.54) is 0 Å². The van der Waals surface area contributed by atoms with E-state index in [1.807, 2.05) is 25.1 Å². The minimum Gasteiger partial charge on any atom is -0.480 e. The number of hydrogen-bond acceptors (Lipinski definition) is 4. The lowest BCUT2D eigenvalue weighted by atomic mass is 10.2. The number of amides is 2. The van der Waals surface area contributed by atoms with Crippen LogP contribution < -0.4 is 10.6 Å². The molecule has 0 bridgehead atoms. The number of halogens is 1. The molecular formula is C16H24ClN3O4. The number of rotatable bonds is 9. The number of carbonyl (C=O) groups excluding carboxylic acids is 2. The molecule has 3 N–H and O–H groups in total. The van der Waals surface area contributed by atoms with Crippen LogP contribution in [0.2, 0.25) is 0 Å². The first-order chi connectivity index (χ1) is 10.9. The second kappa shape index (κ2) is 11.4. The van der Waals surface area contributed by atoms with Gasteiger partial charge in [-0.3, -0.25) is 19.3 Å².